The topological polar surface area (TPSA) is 18.1 Å². The number of para-hydroxylation sites is 2. The molecule has 10 aromatic rings. The zero-order valence-corrected chi connectivity index (χ0v) is 25.0. The zero-order valence-electron chi connectivity index (χ0n) is 24.2. The van der Waals surface area contributed by atoms with Crippen molar-refractivity contribution >= 4 is 75.3 Å². The summed E-state index contributed by atoms with van der Waals surface area (Å²) in [5.41, 5.74) is 10.1. The number of aromatic nitrogens is 1. The molecule has 0 unspecified atom stereocenters. The first kappa shape index (κ1) is 24.8. The third kappa shape index (κ3) is 3.68. The second-order valence-electron chi connectivity index (χ2n) is 11.7. The Morgan fingerprint density at radius 3 is 2.00 bits per heavy atom. The number of hydrogen-bond donors (Lipinski definition) is 0. The summed E-state index contributed by atoms with van der Waals surface area (Å²) in [6, 6.07) is 54.8. The summed E-state index contributed by atoms with van der Waals surface area (Å²) in [5.74, 6) is 0. The summed E-state index contributed by atoms with van der Waals surface area (Å²) >= 11 is 1.87. The van der Waals surface area contributed by atoms with Crippen LogP contribution >= 0.6 is 11.3 Å². The van der Waals surface area contributed by atoms with Crippen LogP contribution in [0.15, 0.2) is 156 Å². The van der Waals surface area contributed by atoms with E-state index in [2.05, 4.69) is 144 Å². The van der Waals surface area contributed by atoms with Gasteiger partial charge in [-0.25, -0.2) is 0 Å². The lowest BCUT2D eigenvalue weighted by molar-refractivity contribution is 0.669. The van der Waals surface area contributed by atoms with Gasteiger partial charge in [-0.2, -0.15) is 0 Å². The van der Waals surface area contributed by atoms with E-state index >= 15 is 0 Å². The maximum Gasteiger partial charge on any atom is 0.136 e. The van der Waals surface area contributed by atoms with Crippen LogP contribution in [0, 0.1) is 0 Å². The summed E-state index contributed by atoms with van der Waals surface area (Å²) in [4.78, 5) is 0. The zero-order chi connectivity index (χ0) is 29.5. The first-order valence-electron chi connectivity index (χ1n) is 15.3. The molecule has 10 rings (SSSR count). The molecule has 45 heavy (non-hydrogen) atoms. The van der Waals surface area contributed by atoms with Gasteiger partial charge in [0, 0.05) is 47.4 Å². The van der Waals surface area contributed by atoms with E-state index in [1.165, 1.54) is 53.1 Å². The van der Waals surface area contributed by atoms with Crippen molar-refractivity contribution in [1.29, 1.82) is 0 Å². The van der Waals surface area contributed by atoms with Gasteiger partial charge >= 0.3 is 0 Å². The lowest BCUT2D eigenvalue weighted by Gasteiger charge is -2.14. The highest BCUT2D eigenvalue weighted by molar-refractivity contribution is 7.26. The summed E-state index contributed by atoms with van der Waals surface area (Å²) in [7, 11) is 0. The van der Waals surface area contributed by atoms with Crippen LogP contribution in [-0.4, -0.2) is 4.57 Å². The molecule has 0 N–H and O–H groups in total. The monoisotopic (exact) mass is 591 g/mol. The fourth-order valence-corrected chi connectivity index (χ4v) is 8.25. The molecule has 0 aliphatic rings. The van der Waals surface area contributed by atoms with Crippen LogP contribution in [0.2, 0.25) is 0 Å². The quantitative estimate of drug-likeness (QED) is 0.200. The molecule has 0 bridgehead atoms. The van der Waals surface area contributed by atoms with Gasteiger partial charge < -0.3 is 8.98 Å². The Balaban J connectivity index is 1.31. The number of hydrogen-bond acceptors (Lipinski definition) is 2. The van der Waals surface area contributed by atoms with Crippen LogP contribution in [-0.2, 0) is 0 Å². The second-order valence-corrected chi connectivity index (χ2v) is 12.8. The fourth-order valence-electron chi connectivity index (χ4n) is 7.14. The average Bonchev–Trinajstić information content (AvgIpc) is 3.77. The molecule has 3 aromatic heterocycles. The molecule has 210 valence electrons. The van der Waals surface area contributed by atoms with E-state index in [1.54, 1.807) is 0 Å². The van der Waals surface area contributed by atoms with Crippen LogP contribution in [0.3, 0.4) is 0 Å². The highest BCUT2D eigenvalue weighted by Gasteiger charge is 2.19. The van der Waals surface area contributed by atoms with Crippen molar-refractivity contribution in [2.45, 2.75) is 0 Å². The third-order valence-electron chi connectivity index (χ3n) is 9.17. The van der Waals surface area contributed by atoms with E-state index in [-0.39, 0.29) is 0 Å². The van der Waals surface area contributed by atoms with Crippen LogP contribution in [0.1, 0.15) is 0 Å². The van der Waals surface area contributed by atoms with Crippen molar-refractivity contribution in [3.8, 4) is 27.9 Å². The SMILES string of the molecule is c1ccc(-c2cc(-c3ccc4c(c3)oc3ccccc34)cc(-n3c4ccccc4c4ccc5sc6ccccc6c5c43)c2)cc1. The normalized spacial score (nSPS) is 12.0. The molecular formula is C42H25NOS. The third-order valence-corrected chi connectivity index (χ3v) is 10.3. The molecule has 0 aliphatic heterocycles. The lowest BCUT2D eigenvalue weighted by Crippen LogP contribution is -1.96. The largest absolute Gasteiger partial charge is 0.456 e. The van der Waals surface area contributed by atoms with Gasteiger partial charge in [-0.3, -0.25) is 0 Å². The average molecular weight is 592 g/mol. The van der Waals surface area contributed by atoms with Gasteiger partial charge in [0.15, 0.2) is 0 Å². The lowest BCUT2D eigenvalue weighted by atomic mass is 9.97. The van der Waals surface area contributed by atoms with Crippen molar-refractivity contribution < 1.29 is 4.42 Å². The molecule has 0 radical (unpaired) electrons. The molecule has 0 amide bonds. The van der Waals surface area contributed by atoms with Crippen LogP contribution < -0.4 is 0 Å². The van der Waals surface area contributed by atoms with Crippen molar-refractivity contribution in [2.75, 3.05) is 0 Å². The van der Waals surface area contributed by atoms with Crippen molar-refractivity contribution in [3.63, 3.8) is 0 Å². The van der Waals surface area contributed by atoms with E-state index in [0.29, 0.717) is 0 Å². The van der Waals surface area contributed by atoms with Crippen molar-refractivity contribution in [1.82, 2.24) is 4.57 Å². The van der Waals surface area contributed by atoms with Crippen LogP contribution in [0.4, 0.5) is 0 Å². The predicted octanol–water partition coefficient (Wildman–Crippen LogP) is 12.4. The fraction of sp³-hybridized carbons (Fsp3) is 0. The second kappa shape index (κ2) is 9.43. The Hall–Kier alpha value is -5.64. The van der Waals surface area contributed by atoms with Crippen molar-refractivity contribution in [3.05, 3.63) is 152 Å². The van der Waals surface area contributed by atoms with E-state index in [0.717, 1.165) is 38.8 Å². The smallest absolute Gasteiger partial charge is 0.136 e. The van der Waals surface area contributed by atoms with Gasteiger partial charge in [-0.05, 0) is 76.9 Å². The number of nitrogens with zero attached hydrogens (tertiary/aromatic N) is 1. The molecular weight excluding hydrogens is 567 g/mol. The molecule has 0 spiro atoms. The predicted molar refractivity (Wildman–Crippen MR) is 192 cm³/mol. The van der Waals surface area contributed by atoms with Gasteiger partial charge in [-0.15, -0.1) is 11.3 Å². The Labute approximate surface area is 263 Å². The first-order valence-corrected chi connectivity index (χ1v) is 16.1. The Morgan fingerprint density at radius 1 is 0.422 bits per heavy atom. The minimum atomic E-state index is 0.906. The van der Waals surface area contributed by atoms with Gasteiger partial charge in [0.05, 0.1) is 11.0 Å². The van der Waals surface area contributed by atoms with Gasteiger partial charge in [-0.1, -0.05) is 97.1 Å². The summed E-state index contributed by atoms with van der Waals surface area (Å²) in [6.45, 7) is 0. The van der Waals surface area contributed by atoms with E-state index in [9.17, 15) is 0 Å². The molecule has 3 heterocycles. The molecule has 0 aliphatic carbocycles. The van der Waals surface area contributed by atoms with Gasteiger partial charge in [0.2, 0.25) is 0 Å². The molecule has 7 aromatic carbocycles. The minimum absolute atomic E-state index is 0.906. The minimum Gasteiger partial charge on any atom is -0.456 e. The molecule has 0 saturated heterocycles. The number of benzene rings is 7. The van der Waals surface area contributed by atoms with Gasteiger partial charge in [0.25, 0.3) is 0 Å². The van der Waals surface area contributed by atoms with E-state index in [4.69, 9.17) is 4.42 Å². The Bertz CT molecular complexity index is 2760. The van der Waals surface area contributed by atoms with Crippen LogP contribution in [0.5, 0.6) is 0 Å². The maximum atomic E-state index is 6.32. The first-order chi connectivity index (χ1) is 22.3. The maximum absolute atomic E-state index is 6.32. The van der Waals surface area contributed by atoms with E-state index in [1.807, 2.05) is 23.5 Å². The standard InChI is InChI=1S/C42H25NOS/c1-2-10-26(11-3-1)28-22-29(27-18-19-33-32-13-5-8-16-37(32)44-38(33)25-27)24-30(23-28)43-36-15-7-4-12-31(36)34-20-21-40-41(42(34)43)35-14-6-9-17-39(35)45-40/h1-25H. The number of thiophene rings is 1. The van der Waals surface area contributed by atoms with Crippen molar-refractivity contribution in [2.24, 2.45) is 0 Å². The number of rotatable bonds is 3. The molecule has 2 nitrogen and oxygen atoms in total. The number of furan rings is 1. The van der Waals surface area contributed by atoms with Gasteiger partial charge in [0.1, 0.15) is 11.2 Å². The van der Waals surface area contributed by atoms with E-state index < -0.39 is 0 Å². The summed E-state index contributed by atoms with van der Waals surface area (Å²) < 4.78 is 11.4. The Kier molecular flexibility index (Phi) is 5.19. The molecule has 0 saturated carbocycles. The highest BCUT2D eigenvalue weighted by Crippen LogP contribution is 2.44. The summed E-state index contributed by atoms with van der Waals surface area (Å²) in [5, 5.41) is 7.46. The highest BCUT2D eigenvalue weighted by atomic mass is 32.1. The molecule has 3 heteroatoms. The molecule has 0 fully saturated rings. The van der Waals surface area contributed by atoms with Crippen LogP contribution in [0.25, 0.3) is 91.9 Å². The summed E-state index contributed by atoms with van der Waals surface area (Å²) in [6.07, 6.45) is 0. The Morgan fingerprint density at radius 2 is 1.11 bits per heavy atom. The number of fused-ring (bicyclic) bond motifs is 10. The molecule has 0 atom stereocenters.